The van der Waals surface area contributed by atoms with Crippen molar-refractivity contribution in [2.24, 2.45) is 0 Å². The Morgan fingerprint density at radius 3 is 2.54 bits per heavy atom. The van der Waals surface area contributed by atoms with Crippen LogP contribution in [0.5, 0.6) is 0 Å². The molecule has 0 radical (unpaired) electrons. The number of carbonyl (C=O) groups excluding carboxylic acids is 1. The Morgan fingerprint density at radius 1 is 1.12 bits per heavy atom. The molecule has 0 spiro atoms. The highest BCUT2D eigenvalue weighted by atomic mass is 16.5. The van der Waals surface area contributed by atoms with Crippen molar-refractivity contribution in [3.63, 3.8) is 0 Å². The van der Waals surface area contributed by atoms with Crippen LogP contribution in [0.2, 0.25) is 0 Å². The van der Waals surface area contributed by atoms with Crippen molar-refractivity contribution in [3.8, 4) is 0 Å². The van der Waals surface area contributed by atoms with Gasteiger partial charge in [0.15, 0.2) is 0 Å². The van der Waals surface area contributed by atoms with Crippen LogP contribution in [0.25, 0.3) is 10.9 Å². The van der Waals surface area contributed by atoms with E-state index >= 15 is 0 Å². The first-order chi connectivity index (χ1) is 11.6. The molecule has 0 unspecified atom stereocenters. The third-order valence-electron chi connectivity index (χ3n) is 4.20. The predicted octanol–water partition coefficient (Wildman–Crippen LogP) is 4.99. The van der Waals surface area contributed by atoms with Crippen molar-refractivity contribution in [2.45, 2.75) is 26.3 Å². The third-order valence-corrected chi connectivity index (χ3v) is 4.20. The summed E-state index contributed by atoms with van der Waals surface area (Å²) >= 11 is 0. The molecule has 1 N–H and O–H groups in total. The molecule has 24 heavy (non-hydrogen) atoms. The highest BCUT2D eigenvalue weighted by Crippen LogP contribution is 2.22. The van der Waals surface area contributed by atoms with E-state index in [1.165, 1.54) is 18.2 Å². The van der Waals surface area contributed by atoms with Crippen LogP contribution < -0.4 is 5.32 Å². The zero-order chi connectivity index (χ0) is 17.1. The Labute approximate surface area is 142 Å². The average Bonchev–Trinajstić information content (AvgIpc) is 2.97. The van der Waals surface area contributed by atoms with E-state index in [1.54, 1.807) is 0 Å². The van der Waals surface area contributed by atoms with E-state index in [1.807, 2.05) is 18.2 Å². The van der Waals surface area contributed by atoms with Crippen LogP contribution in [0.15, 0.2) is 54.7 Å². The predicted molar refractivity (Wildman–Crippen MR) is 97.6 cm³/mol. The summed E-state index contributed by atoms with van der Waals surface area (Å²) in [5.41, 5.74) is 4.50. The second-order valence-electron chi connectivity index (χ2n) is 6.23. The van der Waals surface area contributed by atoms with E-state index in [2.05, 4.69) is 65.0 Å². The number of fused-ring (bicyclic) bond motifs is 1. The number of amides is 1. The van der Waals surface area contributed by atoms with E-state index < -0.39 is 6.09 Å². The second kappa shape index (κ2) is 6.79. The molecule has 3 rings (SSSR count). The molecule has 0 bridgehead atoms. The molecule has 4 nitrogen and oxygen atoms in total. The first-order valence-electron chi connectivity index (χ1n) is 8.09. The van der Waals surface area contributed by atoms with Gasteiger partial charge in [-0.15, -0.1) is 0 Å². The van der Waals surface area contributed by atoms with Gasteiger partial charge in [0.2, 0.25) is 0 Å². The Morgan fingerprint density at radius 2 is 1.88 bits per heavy atom. The van der Waals surface area contributed by atoms with E-state index in [0.29, 0.717) is 5.92 Å². The summed E-state index contributed by atoms with van der Waals surface area (Å²) in [6.07, 6.45) is 1.61. The molecule has 0 aliphatic carbocycles. The van der Waals surface area contributed by atoms with E-state index in [9.17, 15) is 4.79 Å². The summed E-state index contributed by atoms with van der Waals surface area (Å²) in [5, 5.41) is 3.77. The van der Waals surface area contributed by atoms with E-state index in [-0.39, 0.29) is 0 Å². The lowest BCUT2D eigenvalue weighted by Crippen LogP contribution is -2.10. The number of nitrogens with zero attached hydrogens (tertiary/aromatic N) is 1. The minimum atomic E-state index is -0.459. The lowest BCUT2D eigenvalue weighted by molar-refractivity contribution is 0.187. The van der Waals surface area contributed by atoms with Gasteiger partial charge < -0.3 is 9.30 Å². The van der Waals surface area contributed by atoms with Crippen molar-refractivity contribution >= 4 is 22.7 Å². The first kappa shape index (κ1) is 16.1. The molecule has 0 aliphatic rings. The van der Waals surface area contributed by atoms with Crippen LogP contribution in [0.3, 0.4) is 0 Å². The van der Waals surface area contributed by atoms with Gasteiger partial charge in [-0.25, -0.2) is 4.79 Å². The van der Waals surface area contributed by atoms with Gasteiger partial charge in [0.25, 0.3) is 0 Å². The van der Waals surface area contributed by atoms with Gasteiger partial charge in [0, 0.05) is 29.3 Å². The van der Waals surface area contributed by atoms with Gasteiger partial charge in [-0.1, -0.05) is 38.1 Å². The zero-order valence-corrected chi connectivity index (χ0v) is 14.2. The maximum Gasteiger partial charge on any atom is 0.411 e. The van der Waals surface area contributed by atoms with Crippen LogP contribution >= 0.6 is 0 Å². The quantitative estimate of drug-likeness (QED) is 0.735. The van der Waals surface area contributed by atoms with Gasteiger partial charge in [-0.2, -0.15) is 0 Å². The van der Waals surface area contributed by atoms with Crippen molar-refractivity contribution in [1.82, 2.24) is 4.57 Å². The summed E-state index contributed by atoms with van der Waals surface area (Å²) in [4.78, 5) is 11.3. The molecule has 0 fully saturated rings. The number of aromatic nitrogens is 1. The lowest BCUT2D eigenvalue weighted by atomic mass is 10.0. The van der Waals surface area contributed by atoms with Gasteiger partial charge in [0.05, 0.1) is 7.11 Å². The average molecular weight is 322 g/mol. The van der Waals surface area contributed by atoms with Gasteiger partial charge in [0.1, 0.15) is 0 Å². The fraction of sp³-hybridized carbons (Fsp3) is 0.250. The number of hydrogen-bond donors (Lipinski definition) is 1. The zero-order valence-electron chi connectivity index (χ0n) is 14.2. The standard InChI is InChI=1S/C20H22N2O2/c1-14(2)16-6-4-15(5-7-16)13-22-11-10-17-12-18(8-9-19(17)22)21-20(23)24-3/h4-12,14H,13H2,1-3H3,(H,21,23). The lowest BCUT2D eigenvalue weighted by Gasteiger charge is -2.09. The van der Waals surface area contributed by atoms with Gasteiger partial charge in [-0.05, 0) is 41.3 Å². The van der Waals surface area contributed by atoms with Crippen LogP contribution in [0.1, 0.15) is 30.9 Å². The Hall–Kier alpha value is -2.75. The Balaban J connectivity index is 1.81. The van der Waals surface area contributed by atoms with Crippen molar-refractivity contribution in [1.29, 1.82) is 0 Å². The fourth-order valence-corrected chi connectivity index (χ4v) is 2.79. The van der Waals surface area contributed by atoms with E-state index in [4.69, 9.17) is 0 Å². The fourth-order valence-electron chi connectivity index (χ4n) is 2.79. The van der Waals surface area contributed by atoms with Crippen LogP contribution in [0, 0.1) is 0 Å². The summed E-state index contributed by atoms with van der Waals surface area (Å²) in [7, 11) is 1.36. The monoisotopic (exact) mass is 322 g/mol. The highest BCUT2D eigenvalue weighted by molar-refractivity contribution is 5.90. The Kier molecular flexibility index (Phi) is 4.56. The summed E-state index contributed by atoms with van der Waals surface area (Å²) in [5.74, 6) is 0.548. The van der Waals surface area contributed by atoms with Crippen LogP contribution in [-0.2, 0) is 11.3 Å². The smallest absolute Gasteiger partial charge is 0.411 e. The van der Waals surface area contributed by atoms with Crippen molar-refractivity contribution in [2.75, 3.05) is 12.4 Å². The first-order valence-corrected chi connectivity index (χ1v) is 8.09. The number of benzene rings is 2. The summed E-state index contributed by atoms with van der Waals surface area (Å²) < 4.78 is 6.83. The van der Waals surface area contributed by atoms with Gasteiger partial charge in [-0.3, -0.25) is 5.32 Å². The van der Waals surface area contributed by atoms with Crippen LogP contribution in [-0.4, -0.2) is 17.8 Å². The topological polar surface area (TPSA) is 43.3 Å². The van der Waals surface area contributed by atoms with Gasteiger partial charge >= 0.3 is 6.09 Å². The summed E-state index contributed by atoms with van der Waals surface area (Å²) in [6.45, 7) is 5.23. The number of rotatable bonds is 4. The molecule has 1 aromatic heterocycles. The molecular formula is C20H22N2O2. The molecule has 0 saturated heterocycles. The maximum absolute atomic E-state index is 11.3. The molecule has 2 aromatic carbocycles. The minimum absolute atomic E-state index is 0.459. The molecule has 124 valence electrons. The number of anilines is 1. The minimum Gasteiger partial charge on any atom is -0.453 e. The summed E-state index contributed by atoms with van der Waals surface area (Å²) in [6, 6.07) is 16.7. The maximum atomic E-state index is 11.3. The number of nitrogens with one attached hydrogen (secondary N) is 1. The number of carbonyl (C=O) groups is 1. The normalized spacial score (nSPS) is 11.0. The number of hydrogen-bond acceptors (Lipinski definition) is 2. The van der Waals surface area contributed by atoms with Crippen LogP contribution in [0.4, 0.5) is 10.5 Å². The Bertz CT molecular complexity index is 848. The molecule has 0 atom stereocenters. The largest absolute Gasteiger partial charge is 0.453 e. The molecule has 0 saturated carbocycles. The SMILES string of the molecule is COC(=O)Nc1ccc2c(ccn2Cc2ccc(C(C)C)cc2)c1. The third kappa shape index (κ3) is 3.43. The molecule has 3 aromatic rings. The molecule has 1 amide bonds. The van der Waals surface area contributed by atoms with Crippen molar-refractivity contribution in [3.05, 3.63) is 65.9 Å². The van der Waals surface area contributed by atoms with Crippen molar-refractivity contribution < 1.29 is 9.53 Å². The van der Waals surface area contributed by atoms with E-state index in [0.717, 1.165) is 23.1 Å². The highest BCUT2D eigenvalue weighted by Gasteiger charge is 2.06. The molecule has 0 aliphatic heterocycles. The molecular weight excluding hydrogens is 300 g/mol. The number of methoxy groups -OCH3 is 1. The second-order valence-corrected chi connectivity index (χ2v) is 6.23. The number of ether oxygens (including phenoxy) is 1. The molecule has 1 heterocycles. The molecule has 4 heteroatoms.